The van der Waals surface area contributed by atoms with E-state index in [1.165, 1.54) is 5.57 Å². The van der Waals surface area contributed by atoms with Gasteiger partial charge in [0, 0.05) is 0 Å². The Morgan fingerprint density at radius 1 is 1.03 bits per heavy atom. The summed E-state index contributed by atoms with van der Waals surface area (Å²) >= 11 is 0. The summed E-state index contributed by atoms with van der Waals surface area (Å²) < 4.78 is 21.1. The molecule has 0 N–H and O–H groups in total. The molecule has 0 spiro atoms. The Labute approximate surface area is 183 Å². The smallest absolute Gasteiger partial charge is 0.308 e. The van der Waals surface area contributed by atoms with Crippen LogP contribution >= 0.6 is 0 Å². The van der Waals surface area contributed by atoms with Crippen molar-refractivity contribution in [1.82, 2.24) is 0 Å². The number of allylic oxidation sites excluding steroid dienone is 1. The molecule has 0 saturated carbocycles. The lowest BCUT2D eigenvalue weighted by molar-refractivity contribution is -0.187. The van der Waals surface area contributed by atoms with Gasteiger partial charge in [-0.1, -0.05) is 70.2 Å². The molecule has 0 bridgehead atoms. The minimum atomic E-state index is -0.496. The lowest BCUT2D eigenvalue weighted by Gasteiger charge is -2.23. The van der Waals surface area contributed by atoms with Crippen molar-refractivity contribution in [3.8, 4) is 0 Å². The number of hydrogen-bond donors (Lipinski definition) is 0. The van der Waals surface area contributed by atoms with E-state index >= 15 is 0 Å². The first-order valence-corrected chi connectivity index (χ1v) is 10.7. The second-order valence-electron chi connectivity index (χ2n) is 8.44. The molecule has 1 heterocycles. The number of hydrogen-bond acceptors (Lipinski definition) is 5. The van der Waals surface area contributed by atoms with Crippen LogP contribution in [0.2, 0.25) is 0 Å². The number of ether oxygens (including phenoxy) is 4. The fourth-order valence-corrected chi connectivity index (χ4v) is 1.85. The van der Waals surface area contributed by atoms with Crippen molar-refractivity contribution in [2.45, 2.75) is 73.9 Å². The van der Waals surface area contributed by atoms with E-state index in [2.05, 4.69) is 20.4 Å². The molecule has 1 fully saturated rings. The van der Waals surface area contributed by atoms with Crippen molar-refractivity contribution >= 4 is 5.97 Å². The Bertz CT molecular complexity index is 587. The number of benzene rings is 1. The maximum absolute atomic E-state index is 11.1. The maximum Gasteiger partial charge on any atom is 0.308 e. The van der Waals surface area contributed by atoms with Crippen LogP contribution < -0.4 is 0 Å². The van der Waals surface area contributed by atoms with Gasteiger partial charge in [-0.25, -0.2) is 0 Å². The van der Waals surface area contributed by atoms with E-state index in [9.17, 15) is 4.79 Å². The van der Waals surface area contributed by atoms with Crippen molar-refractivity contribution < 1.29 is 23.7 Å². The van der Waals surface area contributed by atoms with Gasteiger partial charge in [-0.15, -0.1) is 0 Å². The molecular weight excluding hydrogens is 380 g/mol. The van der Waals surface area contributed by atoms with E-state index in [0.717, 1.165) is 5.56 Å². The molecule has 0 radical (unpaired) electrons. The third kappa shape index (κ3) is 14.3. The predicted octanol–water partition coefficient (Wildman–Crippen LogP) is 5.78. The van der Waals surface area contributed by atoms with Crippen LogP contribution in [0.5, 0.6) is 0 Å². The molecule has 1 aromatic carbocycles. The van der Waals surface area contributed by atoms with Crippen LogP contribution in [0, 0.1) is 11.8 Å². The van der Waals surface area contributed by atoms with Gasteiger partial charge in [0.1, 0.15) is 13.2 Å². The topological polar surface area (TPSA) is 54.0 Å². The van der Waals surface area contributed by atoms with Crippen LogP contribution in [0.15, 0.2) is 42.5 Å². The first-order chi connectivity index (χ1) is 14.0. The number of esters is 1. The quantitative estimate of drug-likeness (QED) is 0.412. The molecule has 30 heavy (non-hydrogen) atoms. The van der Waals surface area contributed by atoms with Crippen molar-refractivity contribution in [1.29, 1.82) is 0 Å². The first kappa shape index (κ1) is 28.3. The molecule has 0 amide bonds. The number of carbonyl (C=O) groups is 1. The molecule has 5 nitrogen and oxygen atoms in total. The molecule has 1 aliphatic heterocycles. The zero-order valence-corrected chi connectivity index (χ0v) is 20.2. The van der Waals surface area contributed by atoms with Gasteiger partial charge in [-0.05, 0) is 39.2 Å². The predicted molar refractivity (Wildman–Crippen MR) is 122 cm³/mol. The number of rotatable bonds is 7. The summed E-state index contributed by atoms with van der Waals surface area (Å²) in [4.78, 5) is 11.1. The lowest BCUT2D eigenvalue weighted by atomic mass is 10.1. The van der Waals surface area contributed by atoms with E-state index in [4.69, 9.17) is 18.9 Å². The van der Waals surface area contributed by atoms with E-state index in [1.807, 2.05) is 71.9 Å². The summed E-state index contributed by atoms with van der Waals surface area (Å²) in [5.74, 6) is -0.0397. The lowest BCUT2D eigenvalue weighted by Crippen LogP contribution is -2.33. The van der Waals surface area contributed by atoms with Gasteiger partial charge in [0.15, 0.2) is 5.79 Å². The Kier molecular flexibility index (Phi) is 14.3. The van der Waals surface area contributed by atoms with E-state index in [0.29, 0.717) is 32.3 Å². The molecule has 0 aliphatic carbocycles. The van der Waals surface area contributed by atoms with E-state index in [1.54, 1.807) is 0 Å². The van der Waals surface area contributed by atoms with Crippen LogP contribution in [0.25, 0.3) is 0 Å². The average Bonchev–Trinajstić information content (AvgIpc) is 3.13. The molecule has 172 valence electrons. The number of carbonyl (C=O) groups excluding carboxylic acids is 1. The van der Waals surface area contributed by atoms with Crippen molar-refractivity contribution in [2.24, 2.45) is 11.8 Å². The molecule has 0 aromatic heterocycles. The SMILES string of the molecule is C=C(C)C(C)C.CC(C)C(=O)OCc1ccccc1.CC(C)OCC1(C)OCCO1. The van der Waals surface area contributed by atoms with Gasteiger partial charge in [0.2, 0.25) is 0 Å². The largest absolute Gasteiger partial charge is 0.461 e. The zero-order chi connectivity index (χ0) is 23.2. The standard InChI is InChI=1S/C11H14O2.C8H16O3.C6H12/c1-9(2)11(12)13-8-10-6-4-3-5-7-10;1-7(2)9-6-8(3)10-4-5-11-8;1-5(2)6(3)4/h3-7,9H,8H2,1-2H3;7H,4-6H2,1-3H3;6H,1H2,2-4H3. The minimum Gasteiger partial charge on any atom is -0.461 e. The third-order valence-corrected chi connectivity index (χ3v) is 4.26. The van der Waals surface area contributed by atoms with Crippen LogP contribution in [-0.2, 0) is 30.3 Å². The van der Waals surface area contributed by atoms with E-state index in [-0.39, 0.29) is 18.0 Å². The van der Waals surface area contributed by atoms with Crippen molar-refractivity contribution in [3.63, 3.8) is 0 Å². The van der Waals surface area contributed by atoms with E-state index < -0.39 is 5.79 Å². The highest BCUT2D eigenvalue weighted by Gasteiger charge is 2.31. The van der Waals surface area contributed by atoms with Crippen LogP contribution in [0.4, 0.5) is 0 Å². The molecule has 0 unspecified atom stereocenters. The molecule has 5 heteroatoms. The monoisotopic (exact) mass is 422 g/mol. The van der Waals surface area contributed by atoms with Crippen LogP contribution in [-0.4, -0.2) is 37.7 Å². The van der Waals surface area contributed by atoms with Gasteiger partial charge >= 0.3 is 5.97 Å². The summed E-state index contributed by atoms with van der Waals surface area (Å²) in [6.45, 7) is 21.9. The third-order valence-electron chi connectivity index (χ3n) is 4.26. The normalized spacial score (nSPS) is 14.6. The molecule has 0 atom stereocenters. The van der Waals surface area contributed by atoms with Gasteiger partial charge in [0.25, 0.3) is 0 Å². The Hall–Kier alpha value is -1.69. The zero-order valence-electron chi connectivity index (χ0n) is 20.2. The minimum absolute atomic E-state index is 0.0521. The van der Waals surface area contributed by atoms with Crippen molar-refractivity contribution in [3.05, 3.63) is 48.0 Å². The summed E-state index contributed by atoms with van der Waals surface area (Å²) in [5, 5.41) is 0. The fraction of sp³-hybridized carbons (Fsp3) is 0.640. The van der Waals surface area contributed by atoms with Crippen LogP contribution in [0.1, 0.15) is 61.0 Å². The highest BCUT2D eigenvalue weighted by molar-refractivity contribution is 5.71. The van der Waals surface area contributed by atoms with Gasteiger partial charge in [-0.2, -0.15) is 0 Å². The summed E-state index contributed by atoms with van der Waals surface area (Å²) in [6.07, 6.45) is 0.236. The van der Waals surface area contributed by atoms with Gasteiger partial charge < -0.3 is 18.9 Å². The van der Waals surface area contributed by atoms with Crippen molar-refractivity contribution in [2.75, 3.05) is 19.8 Å². The second-order valence-corrected chi connectivity index (χ2v) is 8.44. The Morgan fingerprint density at radius 2 is 1.53 bits per heavy atom. The summed E-state index contributed by atoms with van der Waals surface area (Å²) in [6, 6.07) is 9.67. The summed E-state index contributed by atoms with van der Waals surface area (Å²) in [5.41, 5.74) is 2.28. The molecule has 1 saturated heterocycles. The molecule has 2 rings (SSSR count). The molecule has 1 aromatic rings. The fourth-order valence-electron chi connectivity index (χ4n) is 1.85. The summed E-state index contributed by atoms with van der Waals surface area (Å²) in [7, 11) is 0. The van der Waals surface area contributed by atoms with Crippen LogP contribution in [0.3, 0.4) is 0 Å². The Morgan fingerprint density at radius 3 is 1.93 bits per heavy atom. The molecular formula is C25H42O5. The average molecular weight is 423 g/mol. The maximum atomic E-state index is 11.1. The Balaban J connectivity index is 0.000000450. The van der Waals surface area contributed by atoms with Gasteiger partial charge in [-0.3, -0.25) is 4.79 Å². The van der Waals surface area contributed by atoms with Gasteiger partial charge in [0.05, 0.1) is 25.2 Å². The highest BCUT2D eigenvalue weighted by atomic mass is 16.7. The molecule has 1 aliphatic rings. The first-order valence-electron chi connectivity index (χ1n) is 10.7. The highest BCUT2D eigenvalue weighted by Crippen LogP contribution is 2.18. The second kappa shape index (κ2) is 15.2.